The highest BCUT2D eigenvalue weighted by Crippen LogP contribution is 2.67. The van der Waals surface area contributed by atoms with E-state index in [1.165, 1.54) is 57.8 Å². The summed E-state index contributed by atoms with van der Waals surface area (Å²) in [7, 11) is 7.63. The summed E-state index contributed by atoms with van der Waals surface area (Å²) in [6.45, 7) is 5.84. The van der Waals surface area contributed by atoms with Gasteiger partial charge in [-0.25, -0.2) is 0 Å². The first-order valence-corrected chi connectivity index (χ1v) is 11.7. The van der Waals surface area contributed by atoms with E-state index in [1.54, 1.807) is 0 Å². The van der Waals surface area contributed by atoms with Crippen LogP contribution in [0.15, 0.2) is 0 Å². The summed E-state index contributed by atoms with van der Waals surface area (Å²) in [6, 6.07) is 0. The summed E-state index contributed by atoms with van der Waals surface area (Å²) < 4.78 is 5.53. The molecule has 2 nitrogen and oxygen atoms in total. The van der Waals surface area contributed by atoms with Crippen molar-refractivity contribution in [3.8, 4) is 0 Å². The van der Waals surface area contributed by atoms with E-state index in [-0.39, 0.29) is 17.7 Å². The monoisotopic (exact) mass is 370 g/mol. The zero-order valence-corrected chi connectivity index (χ0v) is 17.8. The van der Waals surface area contributed by atoms with Crippen LogP contribution in [0.3, 0.4) is 0 Å². The highest BCUT2D eigenvalue weighted by atomic mass is 16.5. The molecule has 4 aliphatic rings. The van der Waals surface area contributed by atoms with E-state index in [1.807, 2.05) is 7.11 Å². The van der Waals surface area contributed by atoms with E-state index < -0.39 is 0 Å². The average Bonchev–Trinajstić information content (AvgIpc) is 3.04. The molecule has 27 heavy (non-hydrogen) atoms. The molecule has 0 amide bonds. The van der Waals surface area contributed by atoms with Gasteiger partial charge in [-0.2, -0.15) is 0 Å². The Labute approximate surface area is 168 Å². The molecule has 4 rings (SSSR count). The van der Waals surface area contributed by atoms with E-state index in [2.05, 4.69) is 13.8 Å². The maximum atomic E-state index is 12.5. The van der Waals surface area contributed by atoms with Gasteiger partial charge in [0, 0.05) is 19.6 Å². The Kier molecular flexibility index (Phi) is 5.56. The lowest BCUT2D eigenvalue weighted by atomic mass is 9.44. The summed E-state index contributed by atoms with van der Waals surface area (Å²) in [6.07, 6.45) is 13.5. The zero-order chi connectivity index (χ0) is 19.2. The number of ketones is 1. The molecule has 150 valence electrons. The normalized spacial score (nSPS) is 49.1. The number of methoxy groups -OCH3 is 1. The van der Waals surface area contributed by atoms with Crippen LogP contribution in [-0.4, -0.2) is 27.3 Å². The number of hydrogen-bond acceptors (Lipinski definition) is 2. The molecule has 4 aliphatic carbocycles. The fourth-order valence-corrected chi connectivity index (χ4v) is 8.82. The first-order valence-electron chi connectivity index (χ1n) is 11.7. The number of ether oxygens (including phenoxy) is 1. The van der Waals surface area contributed by atoms with Crippen LogP contribution in [0, 0.1) is 46.3 Å². The number of carbonyl (C=O) groups is 1. The smallest absolute Gasteiger partial charge is 0.128 e. The largest absolute Gasteiger partial charge is 0.384 e. The third-order valence-corrected chi connectivity index (χ3v) is 10.0. The van der Waals surface area contributed by atoms with Gasteiger partial charge in [0.1, 0.15) is 5.78 Å². The van der Waals surface area contributed by atoms with Crippen molar-refractivity contribution in [2.45, 2.75) is 84.4 Å². The Morgan fingerprint density at radius 2 is 1.74 bits per heavy atom. The molecule has 0 aromatic rings. The molecule has 2 radical (unpaired) electrons. The van der Waals surface area contributed by atoms with Gasteiger partial charge in [0.15, 0.2) is 0 Å². The Balaban J connectivity index is 1.55. The maximum Gasteiger partial charge on any atom is 0.128 e. The second kappa shape index (κ2) is 7.50. The van der Waals surface area contributed by atoms with Crippen molar-refractivity contribution >= 4 is 13.6 Å². The quantitative estimate of drug-likeness (QED) is 0.601. The van der Waals surface area contributed by atoms with Crippen LogP contribution in [0.2, 0.25) is 6.32 Å². The van der Waals surface area contributed by atoms with E-state index in [9.17, 15) is 4.79 Å². The molecule has 8 atom stereocenters. The van der Waals surface area contributed by atoms with Crippen LogP contribution in [0.25, 0.3) is 0 Å². The third kappa shape index (κ3) is 3.06. The number of carbonyl (C=O) groups excluding carboxylic acids is 1. The molecule has 4 saturated carbocycles. The van der Waals surface area contributed by atoms with Crippen molar-refractivity contribution < 1.29 is 9.53 Å². The van der Waals surface area contributed by atoms with Gasteiger partial charge in [0.25, 0.3) is 0 Å². The summed E-state index contributed by atoms with van der Waals surface area (Å²) in [5, 5.41) is 0. The van der Waals surface area contributed by atoms with Gasteiger partial charge in [0.2, 0.25) is 0 Å². The minimum atomic E-state index is 0.233. The molecule has 0 saturated heterocycles. The predicted molar refractivity (Wildman–Crippen MR) is 111 cm³/mol. The number of fused-ring (bicyclic) bond motifs is 5. The molecule has 3 heteroatoms. The minimum absolute atomic E-state index is 0.233. The Bertz CT molecular complexity index is 563. The van der Waals surface area contributed by atoms with Crippen LogP contribution in [0.5, 0.6) is 0 Å². The molecular weight excluding hydrogens is 331 g/mol. The molecule has 0 aromatic heterocycles. The minimum Gasteiger partial charge on any atom is -0.384 e. The Morgan fingerprint density at radius 1 is 1.04 bits per heavy atom. The fourth-order valence-electron chi connectivity index (χ4n) is 8.82. The van der Waals surface area contributed by atoms with Gasteiger partial charge in [-0.1, -0.05) is 20.3 Å². The van der Waals surface area contributed by atoms with Gasteiger partial charge >= 0.3 is 0 Å². The molecule has 0 bridgehead atoms. The van der Waals surface area contributed by atoms with Crippen LogP contribution >= 0.6 is 0 Å². The lowest BCUT2D eigenvalue weighted by Gasteiger charge is -2.60. The lowest BCUT2D eigenvalue weighted by Crippen LogP contribution is -2.53. The van der Waals surface area contributed by atoms with Gasteiger partial charge < -0.3 is 9.53 Å². The van der Waals surface area contributed by atoms with E-state index >= 15 is 0 Å². The van der Waals surface area contributed by atoms with Crippen molar-refractivity contribution in [2.75, 3.05) is 13.7 Å². The highest BCUT2D eigenvalue weighted by Gasteiger charge is 2.60. The number of rotatable bonds is 5. The molecular formula is C24H39BO2. The van der Waals surface area contributed by atoms with Gasteiger partial charge in [-0.15, -0.1) is 0 Å². The summed E-state index contributed by atoms with van der Waals surface area (Å²) >= 11 is 0. The summed E-state index contributed by atoms with van der Waals surface area (Å²) in [5.74, 6) is 4.80. The number of hydrogen-bond donors (Lipinski definition) is 0. The SMILES string of the molecule is [B]CC(=O)C1CCC2C3CCC4(CC)CC(COC)CCC4C3CCC12C. The summed E-state index contributed by atoms with van der Waals surface area (Å²) in [5.41, 5.74) is 0.804. The van der Waals surface area contributed by atoms with Crippen molar-refractivity contribution in [3.63, 3.8) is 0 Å². The third-order valence-electron chi connectivity index (χ3n) is 10.0. The molecule has 4 fully saturated rings. The Hall–Kier alpha value is -0.305. The van der Waals surface area contributed by atoms with Gasteiger partial charge in [-0.3, -0.25) is 0 Å². The maximum absolute atomic E-state index is 12.5. The molecule has 0 aliphatic heterocycles. The topological polar surface area (TPSA) is 26.3 Å². The first kappa shape index (κ1) is 20.0. The average molecular weight is 370 g/mol. The van der Waals surface area contributed by atoms with Crippen molar-refractivity contribution in [1.29, 1.82) is 0 Å². The van der Waals surface area contributed by atoms with Crippen LogP contribution in [0.4, 0.5) is 0 Å². The number of Topliss-reactive ketones (excluding diaryl/α,β-unsaturated/α-hetero) is 1. The second-order valence-corrected chi connectivity index (χ2v) is 10.7. The van der Waals surface area contributed by atoms with E-state index in [0.717, 1.165) is 42.6 Å². The van der Waals surface area contributed by atoms with Crippen molar-refractivity contribution in [2.24, 2.45) is 46.3 Å². The lowest BCUT2D eigenvalue weighted by molar-refractivity contribution is -0.134. The molecule has 8 unspecified atom stereocenters. The first-order chi connectivity index (χ1) is 13.0. The second-order valence-electron chi connectivity index (χ2n) is 10.7. The van der Waals surface area contributed by atoms with Gasteiger partial charge in [0.05, 0.1) is 7.85 Å². The molecule has 0 aromatic carbocycles. The van der Waals surface area contributed by atoms with E-state index in [4.69, 9.17) is 12.6 Å². The van der Waals surface area contributed by atoms with Crippen LogP contribution in [0.1, 0.15) is 78.1 Å². The predicted octanol–water partition coefficient (Wildman–Crippen LogP) is 5.45. The van der Waals surface area contributed by atoms with Crippen LogP contribution in [-0.2, 0) is 9.53 Å². The Morgan fingerprint density at radius 3 is 2.44 bits per heavy atom. The van der Waals surface area contributed by atoms with Gasteiger partial charge in [-0.05, 0) is 105 Å². The fraction of sp³-hybridized carbons (Fsp3) is 0.958. The van der Waals surface area contributed by atoms with E-state index in [0.29, 0.717) is 11.2 Å². The van der Waals surface area contributed by atoms with Crippen LogP contribution < -0.4 is 0 Å². The highest BCUT2D eigenvalue weighted by molar-refractivity contribution is 6.20. The van der Waals surface area contributed by atoms with Crippen molar-refractivity contribution in [3.05, 3.63) is 0 Å². The molecule has 0 spiro atoms. The molecule has 0 heterocycles. The van der Waals surface area contributed by atoms with Crippen molar-refractivity contribution in [1.82, 2.24) is 0 Å². The molecule has 0 N–H and O–H groups in total. The zero-order valence-electron chi connectivity index (χ0n) is 17.8. The standard InChI is InChI=1S/C24H39BO2/c1-4-24-12-10-17-18(20(24)6-5-16(13-24)15-27-3)9-11-23(2)19(17)7-8-21(23)22(26)14-25/h16-21H,4-15H2,1-3H3. The summed E-state index contributed by atoms with van der Waals surface area (Å²) in [4.78, 5) is 12.5.